The molecule has 6 heterocycles. The number of hydrogen-bond acceptors (Lipinski definition) is 10. The molecule has 0 unspecified atom stereocenters. The molecule has 12 nitrogen and oxygen atoms in total. The van der Waals surface area contributed by atoms with Crippen molar-refractivity contribution in [1.29, 1.82) is 0 Å². The third kappa shape index (κ3) is 7.10. The van der Waals surface area contributed by atoms with Gasteiger partial charge in [-0.2, -0.15) is 0 Å². The van der Waals surface area contributed by atoms with Gasteiger partial charge in [0.15, 0.2) is 0 Å². The Morgan fingerprint density at radius 3 is 1.34 bits per heavy atom. The van der Waals surface area contributed by atoms with Gasteiger partial charge in [0.1, 0.15) is 34.9 Å². The minimum absolute atomic E-state index is 0.195. The van der Waals surface area contributed by atoms with Gasteiger partial charge in [-0.25, -0.2) is 28.7 Å². The highest BCUT2D eigenvalue weighted by Crippen LogP contribution is 2.58. The summed E-state index contributed by atoms with van der Waals surface area (Å²) in [6.45, 7) is 5.69. The summed E-state index contributed by atoms with van der Waals surface area (Å²) >= 11 is 0. The number of halogens is 2. The molecule has 4 aromatic heterocycles. The van der Waals surface area contributed by atoms with Gasteiger partial charge >= 0.3 is 0 Å². The Hall–Kier alpha value is -6.70. The Morgan fingerprint density at radius 2 is 0.968 bits per heavy atom. The van der Waals surface area contributed by atoms with Gasteiger partial charge in [-0.1, -0.05) is 0 Å². The summed E-state index contributed by atoms with van der Waals surface area (Å²) in [5.74, 6) is 4.37. The van der Waals surface area contributed by atoms with Crippen LogP contribution >= 0.6 is 0 Å². The third-order valence-electron chi connectivity index (χ3n) is 13.2. The third-order valence-corrected chi connectivity index (χ3v) is 13.2. The molecule has 2 N–H and O–H groups in total. The second-order valence-corrected chi connectivity index (χ2v) is 17.6. The van der Waals surface area contributed by atoms with Crippen LogP contribution in [0.4, 0.5) is 31.8 Å². The fourth-order valence-electron chi connectivity index (χ4n) is 9.25. The first-order chi connectivity index (χ1) is 30.0. The molecule has 0 spiro atoms. The van der Waals surface area contributed by atoms with E-state index in [1.54, 1.807) is 12.4 Å². The number of carbonyl (C=O) groups excluding carboxylic acids is 2. The quantitative estimate of drug-likeness (QED) is 0.155. The smallest absolute Gasteiger partial charge is 0.252 e. The predicted octanol–water partition coefficient (Wildman–Crippen LogP) is 7.99. The molecule has 6 aromatic rings. The van der Waals surface area contributed by atoms with Crippen LogP contribution in [0, 0.1) is 37.3 Å². The number of pyridine rings is 2. The van der Waals surface area contributed by atoms with Crippen molar-refractivity contribution in [1.82, 2.24) is 40.5 Å². The van der Waals surface area contributed by atoms with Gasteiger partial charge in [-0.15, -0.1) is 0 Å². The van der Waals surface area contributed by atoms with E-state index in [1.165, 1.54) is 48.5 Å². The maximum Gasteiger partial charge on any atom is 0.252 e. The van der Waals surface area contributed by atoms with Gasteiger partial charge in [0.25, 0.3) is 11.8 Å². The van der Waals surface area contributed by atoms with E-state index >= 15 is 0 Å². The zero-order valence-corrected chi connectivity index (χ0v) is 34.4. The molecule has 0 radical (unpaired) electrons. The van der Waals surface area contributed by atoms with E-state index in [2.05, 4.69) is 52.5 Å². The molecule has 6 aliphatic rings. The molecule has 0 bridgehead atoms. The van der Waals surface area contributed by atoms with Crippen molar-refractivity contribution < 1.29 is 18.4 Å². The average Bonchev–Trinajstić information content (AvgIpc) is 4.07. The van der Waals surface area contributed by atoms with E-state index in [9.17, 15) is 18.4 Å². The molecule has 62 heavy (non-hydrogen) atoms. The number of aromatic nitrogens is 6. The first kappa shape index (κ1) is 38.2. The second kappa shape index (κ2) is 14.5. The predicted molar refractivity (Wildman–Crippen MR) is 227 cm³/mol. The van der Waals surface area contributed by atoms with Crippen LogP contribution in [-0.4, -0.2) is 54.8 Å². The van der Waals surface area contributed by atoms with Crippen molar-refractivity contribution in [3.63, 3.8) is 0 Å². The second-order valence-electron chi connectivity index (χ2n) is 17.6. The van der Waals surface area contributed by atoms with Crippen LogP contribution < -0.4 is 20.4 Å². The summed E-state index contributed by atoms with van der Waals surface area (Å²) in [4.78, 5) is 57.7. The highest BCUT2D eigenvalue weighted by Gasteiger charge is 2.52. The Morgan fingerprint density at radius 1 is 0.565 bits per heavy atom. The van der Waals surface area contributed by atoms with E-state index in [4.69, 9.17) is 9.97 Å². The van der Waals surface area contributed by atoms with E-state index in [0.29, 0.717) is 34.8 Å². The Kier molecular flexibility index (Phi) is 8.92. The maximum absolute atomic E-state index is 13.2. The molecular weight excluding hydrogens is 787 g/mol. The lowest BCUT2D eigenvalue weighted by Gasteiger charge is -2.30. The van der Waals surface area contributed by atoms with Crippen molar-refractivity contribution in [3.8, 4) is 0 Å². The van der Waals surface area contributed by atoms with Crippen molar-refractivity contribution >= 4 is 34.8 Å². The van der Waals surface area contributed by atoms with Gasteiger partial charge in [0, 0.05) is 48.4 Å². The van der Waals surface area contributed by atoms with Gasteiger partial charge < -0.3 is 20.4 Å². The SMILES string of the molecule is Cc1nccc(N2C[C@@H]3C[C@@H]3c3nc(C4(NC(=O)c5ccc(F)cc5)CC4)ccc32)n1.Cc1nccc(N2C[C@H]3C[C@H]3c3nc(C4(NC(=O)c5ccc(F)cc5)CC4)ccc32)n1. The molecule has 4 atom stereocenters. The minimum atomic E-state index is -0.432. The topological polar surface area (TPSA) is 142 Å². The molecule has 4 fully saturated rings. The summed E-state index contributed by atoms with van der Waals surface area (Å²) < 4.78 is 26.4. The standard InChI is InChI=1S/2C24H22FN5O/c2*1-14-26-11-8-21(27-14)30-13-16-12-18(16)22-19(30)6-7-20(28-22)24(9-10-24)29-23(31)15-2-4-17(25)5-3-15/h2*2-8,11,16,18H,9-10,12-13H2,1H3,(H,29,31)/t2*16-,18-/m10/s1. The van der Waals surface area contributed by atoms with E-state index in [1.807, 2.05) is 38.1 Å². The van der Waals surface area contributed by atoms with Crippen molar-refractivity contribution in [2.24, 2.45) is 11.8 Å². The molecule has 2 amide bonds. The van der Waals surface area contributed by atoms with Gasteiger partial charge in [-0.05, 0) is 149 Å². The molecule has 12 rings (SSSR count). The normalized spacial score (nSPS) is 22.3. The van der Waals surface area contributed by atoms with Crippen molar-refractivity contribution in [2.75, 3.05) is 22.9 Å². The Balaban J connectivity index is 0.000000139. The number of anilines is 4. The van der Waals surface area contributed by atoms with E-state index in [0.717, 1.165) is 109 Å². The number of benzene rings is 2. The minimum Gasteiger partial charge on any atom is -0.341 e. The highest BCUT2D eigenvalue weighted by molar-refractivity contribution is 5.95. The molecule has 0 saturated heterocycles. The lowest BCUT2D eigenvalue weighted by molar-refractivity contribution is 0.0921. The van der Waals surface area contributed by atoms with Gasteiger partial charge in [0.05, 0.1) is 45.2 Å². The number of aryl methyl sites for hydroxylation is 2. The molecule has 4 aliphatic carbocycles. The summed E-state index contributed by atoms with van der Waals surface area (Å²) in [6, 6.07) is 23.5. The number of nitrogens with one attached hydrogen (secondary N) is 2. The number of amides is 2. The fourth-order valence-corrected chi connectivity index (χ4v) is 9.25. The van der Waals surface area contributed by atoms with Crippen molar-refractivity contribution in [3.05, 3.63) is 155 Å². The van der Waals surface area contributed by atoms with Crippen LogP contribution in [0.1, 0.15) is 106 Å². The lowest BCUT2D eigenvalue weighted by atomic mass is 10.0. The van der Waals surface area contributed by atoms with Gasteiger partial charge in [-0.3, -0.25) is 19.6 Å². The van der Waals surface area contributed by atoms with Crippen LogP contribution in [0.25, 0.3) is 0 Å². The Bertz CT molecular complexity index is 2570. The van der Waals surface area contributed by atoms with Crippen LogP contribution in [0.2, 0.25) is 0 Å². The number of fused-ring (bicyclic) bond motifs is 6. The fraction of sp³-hybridized carbons (Fsp3) is 0.333. The Labute approximate surface area is 357 Å². The van der Waals surface area contributed by atoms with Crippen LogP contribution in [0.3, 0.4) is 0 Å². The van der Waals surface area contributed by atoms with Crippen LogP contribution in [0.15, 0.2) is 97.3 Å². The monoisotopic (exact) mass is 830 g/mol. The first-order valence-electron chi connectivity index (χ1n) is 21.4. The summed E-state index contributed by atoms with van der Waals surface area (Å²) in [6.07, 6.45) is 9.29. The van der Waals surface area contributed by atoms with E-state index < -0.39 is 11.1 Å². The van der Waals surface area contributed by atoms with Crippen molar-refractivity contribution in [2.45, 2.75) is 75.3 Å². The molecule has 14 heteroatoms. The number of hydrogen-bond donors (Lipinski definition) is 2. The van der Waals surface area contributed by atoms with E-state index in [-0.39, 0.29) is 23.4 Å². The largest absolute Gasteiger partial charge is 0.341 e. The number of carbonyl (C=O) groups is 2. The van der Waals surface area contributed by atoms with Crippen LogP contribution in [0.5, 0.6) is 0 Å². The molecule has 4 saturated carbocycles. The molecule has 312 valence electrons. The number of rotatable bonds is 8. The molecule has 2 aliphatic heterocycles. The van der Waals surface area contributed by atoms with Crippen LogP contribution in [-0.2, 0) is 11.1 Å². The summed E-state index contributed by atoms with van der Waals surface area (Å²) in [5.41, 5.74) is 6.27. The lowest BCUT2D eigenvalue weighted by Crippen LogP contribution is -2.36. The maximum atomic E-state index is 13.2. The molecule has 2 aromatic carbocycles. The summed E-state index contributed by atoms with van der Waals surface area (Å²) in [7, 11) is 0. The molecular formula is C48H44F2N10O2. The number of nitrogens with zero attached hydrogens (tertiary/aromatic N) is 8. The zero-order valence-electron chi connectivity index (χ0n) is 34.4. The summed E-state index contributed by atoms with van der Waals surface area (Å²) in [5, 5.41) is 6.29. The van der Waals surface area contributed by atoms with Gasteiger partial charge in [0.2, 0.25) is 0 Å². The highest BCUT2D eigenvalue weighted by atomic mass is 19.1. The average molecular weight is 831 g/mol. The zero-order chi connectivity index (χ0) is 42.3. The first-order valence-corrected chi connectivity index (χ1v) is 21.4.